The van der Waals surface area contributed by atoms with Gasteiger partial charge in [0.1, 0.15) is 0 Å². The van der Waals surface area contributed by atoms with Crippen LogP contribution in [0.3, 0.4) is 0 Å². The summed E-state index contributed by atoms with van der Waals surface area (Å²) >= 11 is 0. The lowest BCUT2D eigenvalue weighted by atomic mass is 10.1. The van der Waals surface area contributed by atoms with Crippen LogP contribution in [0, 0.1) is 13.8 Å². The normalized spacial score (nSPS) is 16.4. The van der Waals surface area contributed by atoms with Crippen LogP contribution in [0.2, 0.25) is 0 Å². The topological polar surface area (TPSA) is 93.9 Å². The number of carbonyl (C=O) groups excluding carboxylic acids is 2. The van der Waals surface area contributed by atoms with E-state index in [0.717, 1.165) is 41.7 Å². The first kappa shape index (κ1) is 29.7. The Kier molecular flexibility index (Phi) is 10.0. The van der Waals surface area contributed by atoms with E-state index in [1.54, 1.807) is 12.1 Å². The summed E-state index contributed by atoms with van der Waals surface area (Å²) in [7, 11) is 1.80. The molecule has 3 aromatic rings. The van der Waals surface area contributed by atoms with Gasteiger partial charge in [-0.15, -0.1) is 24.8 Å². The number of carbonyl (C=O) groups is 2. The van der Waals surface area contributed by atoms with Crippen LogP contribution in [-0.4, -0.2) is 66.3 Å². The average molecular weight is 564 g/mol. The highest BCUT2D eigenvalue weighted by Gasteiger charge is 2.27. The van der Waals surface area contributed by atoms with E-state index in [9.17, 15) is 9.59 Å². The van der Waals surface area contributed by atoms with E-state index in [1.165, 1.54) is 11.1 Å². The van der Waals surface area contributed by atoms with Crippen LogP contribution in [0.25, 0.3) is 11.0 Å². The first-order chi connectivity index (χ1) is 17.4. The molecule has 1 atom stereocenters. The summed E-state index contributed by atoms with van der Waals surface area (Å²) in [4.78, 5) is 28.3. The molecule has 1 aromatic heterocycles. The van der Waals surface area contributed by atoms with E-state index in [2.05, 4.69) is 27.9 Å². The highest BCUT2D eigenvalue weighted by Crippen LogP contribution is 2.29. The maximum Gasteiger partial charge on any atom is 0.256 e. The number of halogens is 2. The minimum Gasteiger partial charge on any atom is -0.356 e. The Morgan fingerprint density at radius 2 is 1.84 bits per heavy atom. The number of hydrogen-bond acceptors (Lipinski definition) is 7. The maximum atomic E-state index is 13.5. The first-order valence-electron chi connectivity index (χ1n) is 12.6. The lowest BCUT2D eigenvalue weighted by Gasteiger charge is -2.32. The third-order valence-electron chi connectivity index (χ3n) is 7.29. The zero-order chi connectivity index (χ0) is 25.2. The van der Waals surface area contributed by atoms with E-state index >= 15 is 0 Å². The van der Waals surface area contributed by atoms with Crippen LogP contribution < -0.4 is 15.5 Å². The second-order valence-electron chi connectivity index (χ2n) is 9.86. The van der Waals surface area contributed by atoms with Crippen molar-refractivity contribution in [3.63, 3.8) is 0 Å². The lowest BCUT2D eigenvalue weighted by molar-refractivity contribution is -0.145. The van der Waals surface area contributed by atoms with Gasteiger partial charge in [-0.25, -0.2) is 5.01 Å². The van der Waals surface area contributed by atoms with E-state index < -0.39 is 0 Å². The van der Waals surface area contributed by atoms with Crippen LogP contribution in [0.4, 0.5) is 5.69 Å². The number of aromatic nitrogens is 1. The predicted molar refractivity (Wildman–Crippen MR) is 153 cm³/mol. The van der Waals surface area contributed by atoms with Crippen LogP contribution >= 0.6 is 24.8 Å². The van der Waals surface area contributed by atoms with Gasteiger partial charge in [-0.1, -0.05) is 29.4 Å². The van der Waals surface area contributed by atoms with Crippen molar-refractivity contribution in [3.8, 4) is 0 Å². The summed E-state index contributed by atoms with van der Waals surface area (Å²) in [6.45, 7) is 6.99. The SMILES string of the molecule is Cc1cc2onc(C)c2cc1N(CC(=O)NC[C@@H]1CCCN1)CC(=O)N(C)N1Cc2ccccc2C1.Cl.Cl. The van der Waals surface area contributed by atoms with Gasteiger partial charge in [0.2, 0.25) is 5.91 Å². The summed E-state index contributed by atoms with van der Waals surface area (Å²) in [6, 6.07) is 12.5. The molecule has 3 heterocycles. The second kappa shape index (κ2) is 12.8. The van der Waals surface area contributed by atoms with Gasteiger partial charge in [0.25, 0.3) is 5.91 Å². The third kappa shape index (κ3) is 6.40. The van der Waals surface area contributed by atoms with Crippen molar-refractivity contribution < 1.29 is 14.1 Å². The Hall–Kier alpha value is -2.85. The van der Waals surface area contributed by atoms with Crippen molar-refractivity contribution in [2.24, 2.45) is 0 Å². The first-order valence-corrected chi connectivity index (χ1v) is 12.6. The van der Waals surface area contributed by atoms with Crippen molar-refractivity contribution in [2.75, 3.05) is 38.1 Å². The Bertz CT molecular complexity index is 1250. The molecule has 11 heteroatoms. The molecule has 38 heavy (non-hydrogen) atoms. The van der Waals surface area contributed by atoms with Crippen molar-refractivity contribution in [3.05, 3.63) is 58.8 Å². The number of benzene rings is 2. The number of rotatable bonds is 8. The molecule has 2 amide bonds. The zero-order valence-corrected chi connectivity index (χ0v) is 23.7. The number of fused-ring (bicyclic) bond motifs is 2. The number of anilines is 1. The fourth-order valence-electron chi connectivity index (χ4n) is 5.11. The number of hydrazine groups is 1. The van der Waals surface area contributed by atoms with E-state index in [1.807, 2.05) is 48.0 Å². The van der Waals surface area contributed by atoms with E-state index in [4.69, 9.17) is 4.52 Å². The van der Waals surface area contributed by atoms with Crippen LogP contribution in [0.5, 0.6) is 0 Å². The molecular formula is C27H36Cl2N6O3. The van der Waals surface area contributed by atoms with Crippen molar-refractivity contribution in [1.82, 2.24) is 25.8 Å². The minimum atomic E-state index is -0.103. The number of amides is 2. The molecule has 0 bridgehead atoms. The van der Waals surface area contributed by atoms with Gasteiger partial charge in [0.15, 0.2) is 5.58 Å². The summed E-state index contributed by atoms with van der Waals surface area (Å²) in [5.41, 5.74) is 5.70. The predicted octanol–water partition coefficient (Wildman–Crippen LogP) is 3.35. The van der Waals surface area contributed by atoms with E-state index in [-0.39, 0.29) is 49.7 Å². The van der Waals surface area contributed by atoms with Gasteiger partial charge < -0.3 is 20.1 Å². The number of hydrogen-bond donors (Lipinski definition) is 2. The van der Waals surface area contributed by atoms with E-state index in [0.29, 0.717) is 31.3 Å². The molecule has 0 unspecified atom stereocenters. The highest BCUT2D eigenvalue weighted by molar-refractivity contribution is 5.90. The van der Waals surface area contributed by atoms with Crippen molar-refractivity contribution in [2.45, 2.75) is 45.8 Å². The molecule has 1 fully saturated rings. The standard InChI is InChI=1S/C27H34N6O3.2ClH/c1-18-11-25-23(19(2)30-36-25)12-24(18)32(16-26(34)29-13-22-9-6-10-28-22)17-27(35)31(3)33-14-20-7-4-5-8-21(20)15-33;;/h4-5,7-8,11-12,22,28H,6,9-10,13-17H2,1-3H3,(H,29,34);2*1H/t22-;;/m0../s1. The monoisotopic (exact) mass is 562 g/mol. The number of nitrogens with zero attached hydrogens (tertiary/aromatic N) is 4. The Morgan fingerprint density at radius 3 is 2.50 bits per heavy atom. The number of nitrogens with one attached hydrogen (secondary N) is 2. The molecule has 2 aliphatic rings. The Labute approximate surface area is 235 Å². The van der Waals surface area contributed by atoms with Crippen molar-refractivity contribution >= 4 is 53.3 Å². The fourth-order valence-corrected chi connectivity index (χ4v) is 5.11. The third-order valence-corrected chi connectivity index (χ3v) is 7.29. The quantitative estimate of drug-likeness (QED) is 0.434. The average Bonchev–Trinajstić information content (AvgIpc) is 3.61. The Balaban J connectivity index is 0.00000200. The van der Waals surface area contributed by atoms with Gasteiger partial charge in [-0.3, -0.25) is 14.6 Å². The zero-order valence-electron chi connectivity index (χ0n) is 22.0. The van der Waals surface area contributed by atoms with Gasteiger partial charge >= 0.3 is 0 Å². The lowest BCUT2D eigenvalue weighted by Crippen LogP contribution is -2.48. The summed E-state index contributed by atoms with van der Waals surface area (Å²) in [6.07, 6.45) is 2.19. The van der Waals surface area contributed by atoms with Gasteiger partial charge in [-0.05, 0) is 62.1 Å². The number of likely N-dealkylation sites (N-methyl/N-ethyl adjacent to an activating group) is 1. The molecule has 206 valence electrons. The largest absolute Gasteiger partial charge is 0.356 e. The molecule has 1 saturated heterocycles. The summed E-state index contributed by atoms with van der Waals surface area (Å²) in [5.74, 6) is -0.177. The molecule has 0 spiro atoms. The molecule has 0 aliphatic carbocycles. The fraction of sp³-hybridized carbons (Fsp3) is 0.444. The van der Waals surface area contributed by atoms with Crippen molar-refractivity contribution in [1.29, 1.82) is 0 Å². The maximum absolute atomic E-state index is 13.5. The molecule has 0 saturated carbocycles. The molecular weight excluding hydrogens is 527 g/mol. The van der Waals surface area contributed by atoms with Gasteiger partial charge in [0, 0.05) is 43.8 Å². The number of aryl methyl sites for hydroxylation is 2. The van der Waals surface area contributed by atoms with Crippen LogP contribution in [-0.2, 0) is 22.7 Å². The summed E-state index contributed by atoms with van der Waals surface area (Å²) < 4.78 is 5.42. The smallest absolute Gasteiger partial charge is 0.256 e. The van der Waals surface area contributed by atoms with Gasteiger partial charge in [0.05, 0.1) is 18.8 Å². The minimum absolute atomic E-state index is 0. The second-order valence-corrected chi connectivity index (χ2v) is 9.86. The molecule has 2 aliphatic heterocycles. The molecule has 9 nitrogen and oxygen atoms in total. The molecule has 0 radical (unpaired) electrons. The molecule has 2 aromatic carbocycles. The Morgan fingerprint density at radius 1 is 1.13 bits per heavy atom. The van der Waals surface area contributed by atoms with Crippen LogP contribution in [0.1, 0.15) is 35.2 Å². The van der Waals surface area contributed by atoms with Gasteiger partial charge in [-0.2, -0.15) is 0 Å². The summed E-state index contributed by atoms with van der Waals surface area (Å²) in [5, 5.41) is 15.1. The highest BCUT2D eigenvalue weighted by atomic mass is 35.5. The van der Waals surface area contributed by atoms with Crippen LogP contribution in [0.15, 0.2) is 40.9 Å². The molecule has 5 rings (SSSR count). The molecule has 2 N–H and O–H groups in total.